The van der Waals surface area contributed by atoms with Gasteiger partial charge in [-0.3, -0.25) is 9.59 Å². The van der Waals surface area contributed by atoms with Crippen molar-refractivity contribution in [1.82, 2.24) is 10.6 Å². The van der Waals surface area contributed by atoms with Crippen molar-refractivity contribution in [2.45, 2.75) is 12.2 Å². The van der Waals surface area contributed by atoms with Crippen molar-refractivity contribution >= 4 is 11.8 Å². The molecule has 1 aliphatic rings. The van der Waals surface area contributed by atoms with Crippen molar-refractivity contribution in [3.8, 4) is 6.07 Å². The molecule has 0 aromatic heterocycles. The number of amides is 2. The molecule has 3 N–H and O–H groups in total. The van der Waals surface area contributed by atoms with Crippen LogP contribution in [0.4, 0.5) is 0 Å². The number of hydrogen-bond acceptors (Lipinski definition) is 5. The Hall–Kier alpha value is -3.21. The van der Waals surface area contributed by atoms with Crippen molar-refractivity contribution < 1.29 is 19.4 Å². The molecule has 1 heterocycles. The van der Waals surface area contributed by atoms with Crippen LogP contribution in [0.15, 0.2) is 54.6 Å². The van der Waals surface area contributed by atoms with Crippen molar-refractivity contribution in [3.05, 3.63) is 71.3 Å². The number of nitriles is 1. The summed E-state index contributed by atoms with van der Waals surface area (Å²) in [6.45, 7) is 0.712. The monoisotopic (exact) mass is 379 g/mol. The predicted octanol–water partition coefficient (Wildman–Crippen LogP) is 1.09. The van der Waals surface area contributed by atoms with Gasteiger partial charge in [0, 0.05) is 30.1 Å². The number of aliphatic hydroxyl groups is 1. The minimum Gasteiger partial charge on any atom is -0.390 e. The summed E-state index contributed by atoms with van der Waals surface area (Å²) in [5.74, 6) is -0.799. The van der Waals surface area contributed by atoms with Crippen LogP contribution in [0.25, 0.3) is 0 Å². The van der Waals surface area contributed by atoms with Gasteiger partial charge in [0.25, 0.3) is 11.8 Å². The van der Waals surface area contributed by atoms with Gasteiger partial charge in [0.05, 0.1) is 24.3 Å². The van der Waals surface area contributed by atoms with Crippen LogP contribution >= 0.6 is 0 Å². The fraction of sp³-hybridized carbons (Fsp3) is 0.286. The maximum Gasteiger partial charge on any atom is 0.251 e. The molecule has 2 aromatic carbocycles. The largest absolute Gasteiger partial charge is 0.390 e. The van der Waals surface area contributed by atoms with Crippen LogP contribution in [-0.4, -0.2) is 48.8 Å². The lowest BCUT2D eigenvalue weighted by Gasteiger charge is -2.18. The van der Waals surface area contributed by atoms with Gasteiger partial charge in [-0.2, -0.15) is 5.26 Å². The lowest BCUT2D eigenvalue weighted by Crippen LogP contribution is -2.41. The summed E-state index contributed by atoms with van der Waals surface area (Å²) < 4.78 is 5.58. The molecule has 0 saturated carbocycles. The number of carbonyl (C=O) groups is 2. The molecule has 1 fully saturated rings. The first-order valence-electron chi connectivity index (χ1n) is 9.00. The molecule has 2 amide bonds. The number of carbonyl (C=O) groups excluding carboxylic acids is 2. The Kier molecular flexibility index (Phi) is 6.37. The van der Waals surface area contributed by atoms with E-state index in [1.54, 1.807) is 42.5 Å². The molecule has 3 rings (SSSR count). The molecular formula is C21H21N3O4. The average molecular weight is 379 g/mol. The molecule has 3 atom stereocenters. The van der Waals surface area contributed by atoms with Crippen LogP contribution < -0.4 is 10.6 Å². The maximum absolute atomic E-state index is 12.2. The lowest BCUT2D eigenvalue weighted by molar-refractivity contribution is 0.0384. The van der Waals surface area contributed by atoms with Gasteiger partial charge in [0.2, 0.25) is 0 Å². The quantitative estimate of drug-likeness (QED) is 0.696. The number of benzene rings is 2. The Morgan fingerprint density at radius 2 is 1.71 bits per heavy atom. The Bertz CT molecular complexity index is 879. The van der Waals surface area contributed by atoms with Gasteiger partial charge >= 0.3 is 0 Å². The number of aliphatic hydroxyl groups excluding tert-OH is 1. The number of nitrogens with one attached hydrogen (secondary N) is 2. The van der Waals surface area contributed by atoms with Crippen LogP contribution in [0.3, 0.4) is 0 Å². The standard InChI is InChI=1S/C21H21N3O4/c22-10-14-5-4-8-16(9-14)21(27)24-12-18-19(25)17(13-28-18)11-23-20(26)15-6-2-1-3-7-15/h1-9,17-19,25H,11-13H2,(H,23,26)(H,24,27)/t17-,18-,19+/m1/s1. The fourth-order valence-corrected chi connectivity index (χ4v) is 3.05. The summed E-state index contributed by atoms with van der Waals surface area (Å²) >= 11 is 0. The summed E-state index contributed by atoms with van der Waals surface area (Å²) in [5.41, 5.74) is 1.33. The smallest absolute Gasteiger partial charge is 0.251 e. The van der Waals surface area contributed by atoms with E-state index in [9.17, 15) is 14.7 Å². The van der Waals surface area contributed by atoms with Crippen molar-refractivity contribution in [2.75, 3.05) is 19.7 Å². The SMILES string of the molecule is N#Cc1cccc(C(=O)NC[C@H]2OC[C@@H](CNC(=O)c3ccccc3)[C@@H]2O)c1. The molecule has 0 radical (unpaired) electrons. The summed E-state index contributed by atoms with van der Waals surface area (Å²) in [4.78, 5) is 24.3. The van der Waals surface area contributed by atoms with Crippen LogP contribution in [0.5, 0.6) is 0 Å². The van der Waals surface area contributed by atoms with Crippen molar-refractivity contribution in [1.29, 1.82) is 5.26 Å². The highest BCUT2D eigenvalue weighted by molar-refractivity contribution is 5.94. The third-order valence-electron chi connectivity index (χ3n) is 4.67. The maximum atomic E-state index is 12.2. The Morgan fingerprint density at radius 3 is 2.46 bits per heavy atom. The molecule has 0 unspecified atom stereocenters. The second-order valence-corrected chi connectivity index (χ2v) is 6.60. The molecule has 0 aliphatic carbocycles. The highest BCUT2D eigenvalue weighted by Gasteiger charge is 2.36. The second-order valence-electron chi connectivity index (χ2n) is 6.60. The highest BCUT2D eigenvalue weighted by Crippen LogP contribution is 2.20. The van der Waals surface area contributed by atoms with Crippen LogP contribution in [0.1, 0.15) is 26.3 Å². The number of rotatable bonds is 6. The first-order valence-corrected chi connectivity index (χ1v) is 9.00. The molecule has 1 saturated heterocycles. The van der Waals surface area contributed by atoms with E-state index in [1.165, 1.54) is 6.07 Å². The first kappa shape index (κ1) is 19.5. The molecular weight excluding hydrogens is 358 g/mol. The van der Waals surface area contributed by atoms with E-state index in [4.69, 9.17) is 10.00 Å². The molecule has 28 heavy (non-hydrogen) atoms. The van der Waals surface area contributed by atoms with Gasteiger partial charge < -0.3 is 20.5 Å². The normalized spacial score (nSPS) is 20.9. The highest BCUT2D eigenvalue weighted by atomic mass is 16.5. The molecule has 1 aliphatic heterocycles. The van der Waals surface area contributed by atoms with Gasteiger partial charge in [-0.25, -0.2) is 0 Å². The summed E-state index contributed by atoms with van der Waals surface area (Å²) in [5, 5.41) is 24.8. The third kappa shape index (κ3) is 4.74. The van der Waals surface area contributed by atoms with E-state index >= 15 is 0 Å². The lowest BCUT2D eigenvalue weighted by atomic mass is 10.0. The zero-order valence-electron chi connectivity index (χ0n) is 15.2. The topological polar surface area (TPSA) is 111 Å². The minimum absolute atomic E-state index is 0.139. The Labute approximate surface area is 162 Å². The van der Waals surface area contributed by atoms with Gasteiger partial charge in [-0.05, 0) is 30.3 Å². The van der Waals surface area contributed by atoms with Gasteiger partial charge in [0.1, 0.15) is 6.10 Å². The molecule has 144 valence electrons. The van der Waals surface area contributed by atoms with E-state index in [1.807, 2.05) is 12.1 Å². The van der Waals surface area contributed by atoms with Crippen LogP contribution in [0.2, 0.25) is 0 Å². The zero-order valence-corrected chi connectivity index (χ0v) is 15.2. The fourth-order valence-electron chi connectivity index (χ4n) is 3.05. The van der Waals surface area contributed by atoms with Gasteiger partial charge in [0.15, 0.2) is 0 Å². The Morgan fingerprint density at radius 1 is 1.04 bits per heavy atom. The number of ether oxygens (including phenoxy) is 1. The van der Waals surface area contributed by atoms with Crippen molar-refractivity contribution in [2.24, 2.45) is 5.92 Å². The number of hydrogen-bond donors (Lipinski definition) is 3. The first-order chi connectivity index (χ1) is 13.6. The average Bonchev–Trinajstić information content (AvgIpc) is 3.10. The predicted molar refractivity (Wildman–Crippen MR) is 102 cm³/mol. The van der Waals surface area contributed by atoms with Gasteiger partial charge in [-0.1, -0.05) is 24.3 Å². The van der Waals surface area contributed by atoms with E-state index in [0.717, 1.165) is 0 Å². The van der Waals surface area contributed by atoms with Crippen LogP contribution in [-0.2, 0) is 4.74 Å². The molecule has 0 bridgehead atoms. The summed E-state index contributed by atoms with van der Waals surface area (Å²) in [7, 11) is 0. The Balaban J connectivity index is 1.47. The van der Waals surface area contributed by atoms with E-state index < -0.39 is 12.2 Å². The van der Waals surface area contributed by atoms with E-state index in [-0.39, 0.29) is 30.8 Å². The molecule has 7 heteroatoms. The van der Waals surface area contributed by atoms with E-state index in [0.29, 0.717) is 23.3 Å². The molecule has 7 nitrogen and oxygen atoms in total. The van der Waals surface area contributed by atoms with E-state index in [2.05, 4.69) is 10.6 Å². The minimum atomic E-state index is -0.804. The summed E-state index contributed by atoms with van der Waals surface area (Å²) in [6, 6.07) is 17.2. The van der Waals surface area contributed by atoms with Crippen molar-refractivity contribution in [3.63, 3.8) is 0 Å². The molecule has 2 aromatic rings. The molecule has 0 spiro atoms. The van der Waals surface area contributed by atoms with Crippen LogP contribution in [0, 0.1) is 17.2 Å². The van der Waals surface area contributed by atoms with Gasteiger partial charge in [-0.15, -0.1) is 0 Å². The zero-order chi connectivity index (χ0) is 19.9. The second kappa shape index (κ2) is 9.13. The summed E-state index contributed by atoms with van der Waals surface area (Å²) in [6.07, 6.45) is -1.36. The third-order valence-corrected chi connectivity index (χ3v) is 4.67. The number of nitrogens with zero attached hydrogens (tertiary/aromatic N) is 1.